The van der Waals surface area contributed by atoms with Gasteiger partial charge in [-0.15, -0.1) is 6.58 Å². The summed E-state index contributed by atoms with van der Waals surface area (Å²) in [5.41, 5.74) is 0.866. The number of nitro benzene ring substituents is 1. The van der Waals surface area contributed by atoms with E-state index >= 15 is 0 Å². The second-order valence-electron chi connectivity index (χ2n) is 4.24. The van der Waals surface area contributed by atoms with Crippen molar-refractivity contribution in [3.63, 3.8) is 0 Å². The number of benzene rings is 1. The first-order valence-electron chi connectivity index (χ1n) is 5.86. The second-order valence-corrected chi connectivity index (χ2v) is 4.24. The van der Waals surface area contributed by atoms with Gasteiger partial charge < -0.3 is 9.64 Å². The Morgan fingerprint density at radius 3 is 2.74 bits per heavy atom. The third kappa shape index (κ3) is 2.97. The van der Waals surface area contributed by atoms with E-state index in [1.165, 1.54) is 12.1 Å². The maximum Gasteiger partial charge on any atom is 0.269 e. The summed E-state index contributed by atoms with van der Waals surface area (Å²) in [6, 6.07) is 6.19. The van der Waals surface area contributed by atoms with Crippen LogP contribution in [0.25, 0.3) is 0 Å². The lowest BCUT2D eigenvalue weighted by Crippen LogP contribution is -2.43. The third-order valence-corrected chi connectivity index (χ3v) is 2.97. The zero-order valence-electron chi connectivity index (χ0n) is 10.3. The van der Waals surface area contributed by atoms with Gasteiger partial charge in [0.2, 0.25) is 5.91 Å². The van der Waals surface area contributed by atoms with Gasteiger partial charge in [0.1, 0.15) is 12.7 Å². The molecule has 6 nitrogen and oxygen atoms in total. The van der Waals surface area contributed by atoms with E-state index in [0.717, 1.165) is 5.56 Å². The van der Waals surface area contributed by atoms with Gasteiger partial charge in [0, 0.05) is 18.7 Å². The van der Waals surface area contributed by atoms with Crippen LogP contribution >= 0.6 is 0 Å². The number of nitro groups is 1. The average Bonchev–Trinajstić information content (AvgIpc) is 2.41. The van der Waals surface area contributed by atoms with Crippen LogP contribution in [-0.2, 0) is 9.53 Å². The normalized spacial score (nSPS) is 19.3. The first-order valence-corrected chi connectivity index (χ1v) is 5.86. The highest BCUT2D eigenvalue weighted by Crippen LogP contribution is 2.24. The van der Waals surface area contributed by atoms with E-state index in [9.17, 15) is 14.9 Å². The lowest BCUT2D eigenvalue weighted by Gasteiger charge is -2.32. The molecule has 1 amide bonds. The Kier molecular flexibility index (Phi) is 3.91. The van der Waals surface area contributed by atoms with Crippen molar-refractivity contribution in [2.24, 2.45) is 0 Å². The summed E-state index contributed by atoms with van der Waals surface area (Å²) < 4.78 is 5.46. The molecule has 1 aromatic carbocycles. The number of hydrogen-bond donors (Lipinski definition) is 0. The van der Waals surface area contributed by atoms with Crippen LogP contribution in [0, 0.1) is 10.1 Å². The molecule has 0 saturated carbocycles. The molecule has 0 aliphatic carbocycles. The molecule has 1 saturated heterocycles. The zero-order valence-corrected chi connectivity index (χ0v) is 10.3. The Morgan fingerprint density at radius 2 is 2.16 bits per heavy atom. The summed E-state index contributed by atoms with van der Waals surface area (Å²) in [6.45, 7) is 4.54. The molecule has 6 heteroatoms. The Bertz CT molecular complexity index is 498. The fraction of sp³-hybridized carbons (Fsp3) is 0.308. The van der Waals surface area contributed by atoms with Crippen LogP contribution in [-0.4, -0.2) is 35.4 Å². The van der Waals surface area contributed by atoms with Crippen LogP contribution in [0.3, 0.4) is 0 Å². The molecule has 1 aliphatic rings. The summed E-state index contributed by atoms with van der Waals surface area (Å²) in [7, 11) is 0. The van der Waals surface area contributed by atoms with E-state index in [0.29, 0.717) is 13.1 Å². The van der Waals surface area contributed by atoms with Crippen molar-refractivity contribution >= 4 is 11.6 Å². The standard InChI is InChI=1S/C13H14N2O4/c1-2-7-14-8-12(19-9-13(14)16)10-3-5-11(6-4-10)15(17)18/h2-6,12H,1,7-9H2. The Morgan fingerprint density at radius 1 is 1.47 bits per heavy atom. The molecule has 100 valence electrons. The Labute approximate surface area is 110 Å². The van der Waals surface area contributed by atoms with E-state index in [1.807, 2.05) is 0 Å². The van der Waals surface area contributed by atoms with Crippen LogP contribution in [0.4, 0.5) is 5.69 Å². The van der Waals surface area contributed by atoms with E-state index in [2.05, 4.69) is 6.58 Å². The number of rotatable bonds is 4. The minimum atomic E-state index is -0.445. The number of amides is 1. The average molecular weight is 262 g/mol. The molecular weight excluding hydrogens is 248 g/mol. The minimum absolute atomic E-state index is 0.0233. The highest BCUT2D eigenvalue weighted by atomic mass is 16.6. The lowest BCUT2D eigenvalue weighted by molar-refractivity contribution is -0.384. The first-order chi connectivity index (χ1) is 9.11. The lowest BCUT2D eigenvalue weighted by atomic mass is 10.1. The molecule has 1 atom stereocenters. The van der Waals surface area contributed by atoms with Crippen molar-refractivity contribution in [1.29, 1.82) is 0 Å². The minimum Gasteiger partial charge on any atom is -0.362 e. The van der Waals surface area contributed by atoms with E-state index in [4.69, 9.17) is 4.74 Å². The molecular formula is C13H14N2O4. The molecule has 0 N–H and O–H groups in total. The Hall–Kier alpha value is -2.21. The topological polar surface area (TPSA) is 72.7 Å². The molecule has 0 aromatic heterocycles. The van der Waals surface area contributed by atoms with Crippen molar-refractivity contribution < 1.29 is 14.5 Å². The van der Waals surface area contributed by atoms with E-state index < -0.39 is 4.92 Å². The van der Waals surface area contributed by atoms with Gasteiger partial charge in [0.25, 0.3) is 5.69 Å². The molecule has 1 heterocycles. The van der Waals surface area contributed by atoms with Crippen LogP contribution in [0.1, 0.15) is 11.7 Å². The number of morpholine rings is 1. The molecule has 0 radical (unpaired) electrons. The van der Waals surface area contributed by atoms with E-state index in [-0.39, 0.29) is 24.3 Å². The summed E-state index contributed by atoms with van der Waals surface area (Å²) >= 11 is 0. The second kappa shape index (κ2) is 5.62. The first kappa shape index (κ1) is 13.2. The SMILES string of the molecule is C=CCN1CC(c2ccc([N+](=O)[O-])cc2)OCC1=O. The Balaban J connectivity index is 2.11. The molecule has 1 fully saturated rings. The number of carbonyl (C=O) groups is 1. The van der Waals surface area contributed by atoms with Crippen molar-refractivity contribution in [2.45, 2.75) is 6.10 Å². The molecule has 1 aliphatic heterocycles. The van der Waals surface area contributed by atoms with Crippen molar-refractivity contribution in [2.75, 3.05) is 19.7 Å². The number of hydrogen-bond acceptors (Lipinski definition) is 4. The van der Waals surface area contributed by atoms with Crippen LogP contribution in [0.5, 0.6) is 0 Å². The zero-order chi connectivity index (χ0) is 13.8. The van der Waals surface area contributed by atoms with E-state index in [1.54, 1.807) is 23.1 Å². The molecule has 19 heavy (non-hydrogen) atoms. The fourth-order valence-corrected chi connectivity index (χ4v) is 1.96. The van der Waals surface area contributed by atoms with Crippen LogP contribution in [0.15, 0.2) is 36.9 Å². The third-order valence-electron chi connectivity index (χ3n) is 2.97. The monoisotopic (exact) mass is 262 g/mol. The molecule has 0 spiro atoms. The molecule has 0 bridgehead atoms. The van der Waals surface area contributed by atoms with Gasteiger partial charge >= 0.3 is 0 Å². The van der Waals surface area contributed by atoms with Crippen molar-refractivity contribution in [3.05, 3.63) is 52.6 Å². The van der Waals surface area contributed by atoms with Gasteiger partial charge in [-0.2, -0.15) is 0 Å². The molecule has 2 rings (SSSR count). The fourth-order valence-electron chi connectivity index (χ4n) is 1.96. The summed E-state index contributed by atoms with van der Waals surface area (Å²) in [4.78, 5) is 23.4. The number of nitrogens with zero attached hydrogens (tertiary/aromatic N) is 2. The molecule has 1 aromatic rings. The van der Waals surface area contributed by atoms with Crippen LogP contribution < -0.4 is 0 Å². The van der Waals surface area contributed by atoms with Gasteiger partial charge in [-0.25, -0.2) is 0 Å². The van der Waals surface area contributed by atoms with Gasteiger partial charge in [0.05, 0.1) is 11.5 Å². The highest BCUT2D eigenvalue weighted by Gasteiger charge is 2.26. The van der Waals surface area contributed by atoms with Crippen molar-refractivity contribution in [1.82, 2.24) is 4.90 Å². The van der Waals surface area contributed by atoms with Gasteiger partial charge in [-0.3, -0.25) is 14.9 Å². The summed E-state index contributed by atoms with van der Waals surface area (Å²) in [5, 5.41) is 10.6. The van der Waals surface area contributed by atoms with Gasteiger partial charge in [-0.1, -0.05) is 6.08 Å². The maximum absolute atomic E-state index is 11.6. The quantitative estimate of drug-likeness (QED) is 0.470. The van der Waals surface area contributed by atoms with Gasteiger partial charge in [0.15, 0.2) is 0 Å². The smallest absolute Gasteiger partial charge is 0.269 e. The number of carbonyl (C=O) groups excluding carboxylic acids is 1. The predicted molar refractivity (Wildman–Crippen MR) is 68.6 cm³/mol. The summed E-state index contributed by atoms with van der Waals surface area (Å²) in [5.74, 6) is -0.0712. The summed E-state index contributed by atoms with van der Waals surface area (Å²) in [6.07, 6.45) is 1.41. The largest absolute Gasteiger partial charge is 0.362 e. The van der Waals surface area contributed by atoms with Crippen LogP contribution in [0.2, 0.25) is 0 Å². The predicted octanol–water partition coefficient (Wildman–Crippen LogP) is 1.68. The maximum atomic E-state index is 11.6. The molecule has 1 unspecified atom stereocenters. The highest BCUT2D eigenvalue weighted by molar-refractivity contribution is 5.78. The van der Waals surface area contributed by atoms with Crippen molar-refractivity contribution in [3.8, 4) is 0 Å². The number of non-ortho nitro benzene ring substituents is 1. The van der Waals surface area contributed by atoms with Gasteiger partial charge in [-0.05, 0) is 17.7 Å². The number of ether oxygens (including phenoxy) is 1.